The van der Waals surface area contributed by atoms with E-state index < -0.39 is 80.7 Å². The van der Waals surface area contributed by atoms with Crippen LogP contribution in [-0.2, 0) is 33.2 Å². The highest BCUT2D eigenvalue weighted by molar-refractivity contribution is 5.69. The minimum absolute atomic E-state index is 0.0583. The van der Waals surface area contributed by atoms with Crippen molar-refractivity contribution in [2.75, 3.05) is 33.0 Å². The Kier molecular flexibility index (Phi) is 37.4. The molecule has 0 aliphatic carbocycles. The molecule has 0 aromatic rings. The number of carbonyl (C=O) groups excluding carboxylic acids is 1. The standard InChI is InChI=1S/C53H96O14/c1-3-5-7-9-11-13-15-17-18-19-20-21-22-23-24-25-26-28-30-32-34-36-45(55)65-42(39-62-37-35-33-31-29-27-16-14-12-10-8-6-4-2)40-63-52-51(61)49(59)47(57)44(67-52)41-64-53-50(60)48(58)46(56)43(38-54)66-53/h15,17,19-20,22-23,42-44,46-54,56-61H,3-14,16,18,21,24-41H2,1-2H3/b17-15-,20-19-,23-22-. The molecule has 0 spiro atoms. The zero-order chi connectivity index (χ0) is 48.7. The van der Waals surface area contributed by atoms with Crippen LogP contribution in [0.15, 0.2) is 36.5 Å². The second-order valence-electron chi connectivity index (χ2n) is 18.7. The highest BCUT2D eigenvalue weighted by Gasteiger charge is 2.47. The van der Waals surface area contributed by atoms with Crippen LogP contribution in [0.1, 0.15) is 194 Å². The average molecular weight is 957 g/mol. The number of aliphatic hydroxyl groups excluding tert-OH is 7. The van der Waals surface area contributed by atoms with Gasteiger partial charge in [-0.1, -0.05) is 172 Å². The lowest BCUT2D eigenvalue weighted by atomic mass is 9.98. The molecular weight excluding hydrogens is 861 g/mol. The SMILES string of the molecule is CCCCCCC/C=C\C/C=C\C/C=C\CCCCCCCCC(=O)OC(COCCCCCCCCCCCCCC)COC1OC(COC2OC(CO)C(O)C(O)C2O)C(O)C(O)C1O. The van der Waals surface area contributed by atoms with Crippen molar-refractivity contribution in [3.05, 3.63) is 36.5 Å². The Morgan fingerprint density at radius 2 is 0.925 bits per heavy atom. The Labute approximate surface area is 404 Å². The van der Waals surface area contributed by atoms with Gasteiger partial charge in [0, 0.05) is 13.0 Å². The molecule has 2 fully saturated rings. The molecule has 7 N–H and O–H groups in total. The summed E-state index contributed by atoms with van der Waals surface area (Å²) < 4.78 is 34.3. The van der Waals surface area contributed by atoms with E-state index in [4.69, 9.17) is 28.4 Å². The second kappa shape index (κ2) is 40.9. The zero-order valence-corrected chi connectivity index (χ0v) is 41.6. The summed E-state index contributed by atoms with van der Waals surface area (Å²) in [6.45, 7) is 3.67. The first-order chi connectivity index (χ1) is 32.6. The van der Waals surface area contributed by atoms with E-state index in [1.165, 1.54) is 96.3 Å². The highest BCUT2D eigenvalue weighted by atomic mass is 16.7. The third-order valence-electron chi connectivity index (χ3n) is 12.7. The number of aliphatic hydroxyl groups is 7. The lowest BCUT2D eigenvalue weighted by Gasteiger charge is -2.42. The van der Waals surface area contributed by atoms with E-state index in [1.807, 2.05) is 0 Å². The van der Waals surface area contributed by atoms with Gasteiger partial charge in [0.1, 0.15) is 54.9 Å². The van der Waals surface area contributed by atoms with E-state index in [1.54, 1.807) is 0 Å². The summed E-state index contributed by atoms with van der Waals surface area (Å²) in [5, 5.41) is 72.1. The smallest absolute Gasteiger partial charge is 0.306 e. The fourth-order valence-corrected chi connectivity index (χ4v) is 8.29. The van der Waals surface area contributed by atoms with Crippen molar-refractivity contribution in [2.24, 2.45) is 0 Å². The van der Waals surface area contributed by atoms with Crippen molar-refractivity contribution < 1.29 is 69.0 Å². The number of carbonyl (C=O) groups is 1. The van der Waals surface area contributed by atoms with Gasteiger partial charge in [-0.3, -0.25) is 4.79 Å². The third kappa shape index (κ3) is 28.6. The molecule has 2 heterocycles. The summed E-state index contributed by atoms with van der Waals surface area (Å²) >= 11 is 0. The van der Waals surface area contributed by atoms with E-state index >= 15 is 0 Å². The average Bonchev–Trinajstić information content (AvgIpc) is 3.32. The van der Waals surface area contributed by atoms with Crippen molar-refractivity contribution in [1.29, 1.82) is 0 Å². The van der Waals surface area contributed by atoms with Crippen molar-refractivity contribution in [3.63, 3.8) is 0 Å². The topological polar surface area (TPSA) is 214 Å². The van der Waals surface area contributed by atoms with E-state index in [0.29, 0.717) is 13.0 Å². The van der Waals surface area contributed by atoms with Gasteiger partial charge >= 0.3 is 5.97 Å². The molecule has 0 aromatic carbocycles. The van der Waals surface area contributed by atoms with E-state index in [9.17, 15) is 40.5 Å². The Bertz CT molecular complexity index is 1250. The fraction of sp³-hybridized carbons (Fsp3) is 0.868. The molecule has 0 radical (unpaired) electrons. The molecule has 0 amide bonds. The van der Waals surface area contributed by atoms with Crippen LogP contribution < -0.4 is 0 Å². The molecule has 2 rings (SSSR count). The summed E-state index contributed by atoms with van der Waals surface area (Å²) in [5.41, 5.74) is 0. The molecule has 2 saturated heterocycles. The summed E-state index contributed by atoms with van der Waals surface area (Å²) in [6.07, 6.45) is 29.2. The lowest BCUT2D eigenvalue weighted by Crippen LogP contribution is -2.61. The largest absolute Gasteiger partial charge is 0.457 e. The minimum Gasteiger partial charge on any atom is -0.457 e. The van der Waals surface area contributed by atoms with Gasteiger partial charge in [0.15, 0.2) is 12.6 Å². The number of rotatable bonds is 42. The molecule has 392 valence electrons. The Morgan fingerprint density at radius 3 is 1.45 bits per heavy atom. The maximum absolute atomic E-state index is 13.0. The number of hydrogen-bond acceptors (Lipinski definition) is 14. The van der Waals surface area contributed by atoms with Crippen LogP contribution in [0, 0.1) is 0 Å². The number of allylic oxidation sites excluding steroid dienone is 6. The van der Waals surface area contributed by atoms with Gasteiger partial charge in [-0.25, -0.2) is 0 Å². The van der Waals surface area contributed by atoms with Crippen LogP contribution in [0.4, 0.5) is 0 Å². The number of esters is 1. The van der Waals surface area contributed by atoms with Crippen LogP contribution in [0.2, 0.25) is 0 Å². The van der Waals surface area contributed by atoms with Crippen molar-refractivity contribution in [3.8, 4) is 0 Å². The van der Waals surface area contributed by atoms with Gasteiger partial charge < -0.3 is 64.2 Å². The molecule has 14 nitrogen and oxygen atoms in total. The maximum Gasteiger partial charge on any atom is 0.306 e. The van der Waals surface area contributed by atoms with Crippen molar-refractivity contribution >= 4 is 5.97 Å². The Hall–Kier alpha value is -1.79. The van der Waals surface area contributed by atoms with Gasteiger partial charge in [-0.05, 0) is 51.4 Å². The highest BCUT2D eigenvalue weighted by Crippen LogP contribution is 2.26. The van der Waals surface area contributed by atoms with Crippen LogP contribution >= 0.6 is 0 Å². The molecule has 2 aliphatic heterocycles. The van der Waals surface area contributed by atoms with Gasteiger partial charge in [-0.15, -0.1) is 0 Å². The summed E-state index contributed by atoms with van der Waals surface area (Å²) in [6, 6.07) is 0. The molecule has 0 aromatic heterocycles. The van der Waals surface area contributed by atoms with Crippen molar-refractivity contribution in [2.45, 2.75) is 261 Å². The predicted octanol–water partition coefficient (Wildman–Crippen LogP) is 8.19. The number of hydrogen-bond donors (Lipinski definition) is 7. The molecule has 0 saturated carbocycles. The monoisotopic (exact) mass is 957 g/mol. The first-order valence-electron chi connectivity index (χ1n) is 26.6. The molecule has 14 heteroatoms. The molecule has 11 atom stereocenters. The number of unbranched alkanes of at least 4 members (excludes halogenated alkanes) is 22. The molecule has 0 bridgehead atoms. The maximum atomic E-state index is 13.0. The third-order valence-corrected chi connectivity index (χ3v) is 12.7. The summed E-state index contributed by atoms with van der Waals surface area (Å²) in [5.74, 6) is -0.387. The lowest BCUT2D eigenvalue weighted by molar-refractivity contribution is -0.332. The fourth-order valence-electron chi connectivity index (χ4n) is 8.29. The molecule has 67 heavy (non-hydrogen) atoms. The van der Waals surface area contributed by atoms with E-state index in [-0.39, 0.29) is 25.6 Å². The first-order valence-corrected chi connectivity index (χ1v) is 26.6. The van der Waals surface area contributed by atoms with Crippen molar-refractivity contribution in [1.82, 2.24) is 0 Å². The second-order valence-corrected chi connectivity index (χ2v) is 18.7. The van der Waals surface area contributed by atoms with Crippen LogP contribution in [-0.4, -0.2) is 142 Å². The first kappa shape index (κ1) is 61.3. The van der Waals surface area contributed by atoms with E-state index in [2.05, 4.69) is 50.3 Å². The quantitative estimate of drug-likeness (QED) is 0.0175. The number of ether oxygens (including phenoxy) is 6. The van der Waals surface area contributed by atoms with Gasteiger partial charge in [-0.2, -0.15) is 0 Å². The predicted molar refractivity (Wildman–Crippen MR) is 261 cm³/mol. The zero-order valence-electron chi connectivity index (χ0n) is 41.6. The molecular formula is C53H96O14. The summed E-state index contributed by atoms with van der Waals surface area (Å²) in [4.78, 5) is 13.0. The van der Waals surface area contributed by atoms with Gasteiger partial charge in [0.2, 0.25) is 0 Å². The Morgan fingerprint density at radius 1 is 0.493 bits per heavy atom. The van der Waals surface area contributed by atoms with Crippen LogP contribution in [0.3, 0.4) is 0 Å². The normalized spacial score (nSPS) is 26.3. The van der Waals surface area contributed by atoms with E-state index in [0.717, 1.165) is 70.6 Å². The van der Waals surface area contributed by atoms with Gasteiger partial charge in [0.05, 0.1) is 26.4 Å². The molecule has 11 unspecified atom stereocenters. The minimum atomic E-state index is -1.71. The van der Waals surface area contributed by atoms with Crippen LogP contribution in [0.5, 0.6) is 0 Å². The van der Waals surface area contributed by atoms with Crippen LogP contribution in [0.25, 0.3) is 0 Å². The molecule has 2 aliphatic rings. The summed E-state index contributed by atoms with van der Waals surface area (Å²) in [7, 11) is 0. The Balaban J connectivity index is 1.75. The van der Waals surface area contributed by atoms with Gasteiger partial charge in [0.25, 0.3) is 0 Å².